The molecule has 0 spiro atoms. The maximum atomic E-state index is 11.3. The second-order valence-corrected chi connectivity index (χ2v) is 17.4. The van der Waals surface area contributed by atoms with Crippen LogP contribution in [0.2, 0.25) is 0 Å². The zero-order valence-electron chi connectivity index (χ0n) is 24.1. The van der Waals surface area contributed by atoms with Gasteiger partial charge in [-0.3, -0.25) is 9.80 Å². The molecule has 2 fully saturated rings. The van der Waals surface area contributed by atoms with Crippen molar-refractivity contribution in [2.75, 3.05) is 37.1 Å². The minimum Gasteiger partial charge on any atom is -0.296 e. The van der Waals surface area contributed by atoms with Crippen molar-refractivity contribution in [1.29, 1.82) is 0 Å². The topological polar surface area (TPSA) is 74.8 Å². The fourth-order valence-corrected chi connectivity index (χ4v) is 6.86. The van der Waals surface area contributed by atoms with E-state index in [9.17, 15) is 16.8 Å². The van der Waals surface area contributed by atoms with Gasteiger partial charge in [0.2, 0.25) is 0 Å². The highest BCUT2D eigenvalue weighted by molar-refractivity contribution is 7.90. The first kappa shape index (κ1) is 32.8. The number of hydrogen-bond acceptors (Lipinski definition) is 6. The van der Waals surface area contributed by atoms with Crippen LogP contribution in [0.15, 0.2) is 0 Å². The summed E-state index contributed by atoms with van der Waals surface area (Å²) < 4.78 is 45.1. The largest absolute Gasteiger partial charge is 0.296 e. The molecule has 0 unspecified atom stereocenters. The van der Waals surface area contributed by atoms with Crippen molar-refractivity contribution >= 4 is 19.7 Å². The minimum absolute atomic E-state index is 0.0622. The lowest BCUT2D eigenvalue weighted by Crippen LogP contribution is -2.50. The summed E-state index contributed by atoms with van der Waals surface area (Å²) in [7, 11) is -5.68. The number of rotatable bonds is 9. The monoisotopic (exact) mass is 536 g/mol. The molecule has 2 aliphatic carbocycles. The van der Waals surface area contributed by atoms with Crippen LogP contribution in [-0.2, 0) is 19.7 Å². The first-order valence-corrected chi connectivity index (χ1v) is 17.9. The van der Waals surface area contributed by atoms with E-state index in [2.05, 4.69) is 51.3 Å². The predicted molar refractivity (Wildman–Crippen MR) is 151 cm³/mol. The third kappa shape index (κ3) is 14.4. The van der Waals surface area contributed by atoms with Crippen LogP contribution in [0.3, 0.4) is 0 Å². The molecule has 0 saturated heterocycles. The van der Waals surface area contributed by atoms with Crippen molar-refractivity contribution in [2.45, 2.75) is 135 Å². The lowest BCUT2D eigenvalue weighted by atomic mass is 9.90. The van der Waals surface area contributed by atoms with Gasteiger partial charge in [-0.1, -0.05) is 38.5 Å². The Morgan fingerprint density at radius 2 is 0.914 bits per heavy atom. The highest BCUT2D eigenvalue weighted by Crippen LogP contribution is 2.29. The van der Waals surface area contributed by atoms with Gasteiger partial charge in [-0.15, -0.1) is 0 Å². The van der Waals surface area contributed by atoms with E-state index in [0.717, 1.165) is 13.0 Å². The van der Waals surface area contributed by atoms with Gasteiger partial charge in [-0.2, -0.15) is 0 Å². The average Bonchev–Trinajstić information content (AvgIpc) is 2.70. The van der Waals surface area contributed by atoms with Gasteiger partial charge in [-0.25, -0.2) is 16.8 Å². The molecule has 0 bridgehead atoms. The van der Waals surface area contributed by atoms with Crippen LogP contribution in [0, 0.1) is 0 Å². The van der Waals surface area contributed by atoms with E-state index in [1.807, 2.05) is 0 Å². The van der Waals surface area contributed by atoms with Crippen molar-refractivity contribution in [3.8, 4) is 0 Å². The Balaban J connectivity index is 0.000000351. The van der Waals surface area contributed by atoms with Crippen LogP contribution in [0.5, 0.6) is 0 Å². The van der Waals surface area contributed by atoms with Crippen molar-refractivity contribution < 1.29 is 16.8 Å². The molecule has 2 rings (SSSR count). The van der Waals surface area contributed by atoms with Crippen molar-refractivity contribution in [1.82, 2.24) is 9.80 Å². The fourth-order valence-electron chi connectivity index (χ4n) is 5.68. The molecule has 0 N–H and O–H groups in total. The molecule has 0 amide bonds. The van der Waals surface area contributed by atoms with Gasteiger partial charge in [-0.05, 0) is 80.2 Å². The van der Waals surface area contributed by atoms with Crippen LogP contribution in [0.1, 0.15) is 112 Å². The van der Waals surface area contributed by atoms with Crippen LogP contribution in [0.25, 0.3) is 0 Å². The first-order chi connectivity index (χ1) is 15.9. The summed E-state index contributed by atoms with van der Waals surface area (Å²) in [4.78, 5) is 4.92. The van der Waals surface area contributed by atoms with Crippen LogP contribution in [0.4, 0.5) is 0 Å². The maximum Gasteiger partial charge on any atom is 0.148 e. The standard InChI is InChI=1S/C14H29NO2S.C13H27NO2S/c1-14(2,3)15(11-8-12-18(4,16)17)13-9-6-5-7-10-13;1-13(2,3)14(10-11-17(4,15)16)12-8-6-5-7-9-12/h13H,5-12H2,1-4H3;12H,5-11H2,1-4H3. The van der Waals surface area contributed by atoms with Gasteiger partial charge in [0.1, 0.15) is 19.7 Å². The van der Waals surface area contributed by atoms with Gasteiger partial charge in [0.15, 0.2) is 0 Å². The van der Waals surface area contributed by atoms with E-state index >= 15 is 0 Å². The molecule has 2 saturated carbocycles. The molecule has 210 valence electrons. The summed E-state index contributed by atoms with van der Waals surface area (Å²) in [6.45, 7) is 14.8. The van der Waals surface area contributed by atoms with Crippen LogP contribution in [-0.4, -0.2) is 86.9 Å². The third-order valence-electron chi connectivity index (χ3n) is 7.37. The Labute approximate surface area is 218 Å². The van der Waals surface area contributed by atoms with E-state index in [1.165, 1.54) is 76.7 Å². The molecule has 0 aromatic rings. The SMILES string of the molecule is CC(C)(C)N(CCCS(C)(=O)=O)C1CCCCC1.CC(C)(C)N(CCS(C)(=O)=O)C1CCCCC1. The molecule has 2 aliphatic rings. The van der Waals surface area contributed by atoms with E-state index in [4.69, 9.17) is 0 Å². The van der Waals surface area contributed by atoms with Gasteiger partial charge in [0, 0.05) is 42.2 Å². The van der Waals surface area contributed by atoms with Gasteiger partial charge < -0.3 is 0 Å². The number of hydrogen-bond donors (Lipinski definition) is 0. The summed E-state index contributed by atoms with van der Waals surface area (Å²) in [5, 5.41) is 0. The number of nitrogens with zero attached hydrogens (tertiary/aromatic N) is 2. The molecule has 35 heavy (non-hydrogen) atoms. The molecule has 0 aromatic carbocycles. The van der Waals surface area contributed by atoms with E-state index in [0.29, 0.717) is 24.4 Å². The Morgan fingerprint density at radius 1 is 0.571 bits per heavy atom. The van der Waals surface area contributed by atoms with E-state index in [1.54, 1.807) is 0 Å². The summed E-state index contributed by atoms with van der Waals surface area (Å²) in [6.07, 6.45) is 16.3. The van der Waals surface area contributed by atoms with Gasteiger partial charge in [0.05, 0.1) is 11.5 Å². The maximum absolute atomic E-state index is 11.3. The summed E-state index contributed by atoms with van der Waals surface area (Å²) in [5.41, 5.74) is 0.201. The molecular weight excluding hydrogens is 480 g/mol. The second-order valence-electron chi connectivity index (χ2n) is 12.9. The quantitative estimate of drug-likeness (QED) is 0.397. The lowest BCUT2D eigenvalue weighted by molar-refractivity contribution is 0.0607. The molecule has 0 heterocycles. The summed E-state index contributed by atoms with van der Waals surface area (Å²) >= 11 is 0. The third-order valence-corrected chi connectivity index (χ3v) is 9.33. The van der Waals surface area contributed by atoms with Gasteiger partial charge >= 0.3 is 0 Å². The zero-order valence-corrected chi connectivity index (χ0v) is 25.7. The Hall–Kier alpha value is -0.180. The second kappa shape index (κ2) is 14.1. The Bertz CT molecular complexity index is 799. The first-order valence-electron chi connectivity index (χ1n) is 13.8. The smallest absolute Gasteiger partial charge is 0.148 e. The lowest BCUT2D eigenvalue weighted by Gasteiger charge is -2.43. The molecule has 0 atom stereocenters. The van der Waals surface area contributed by atoms with Crippen molar-refractivity contribution in [3.63, 3.8) is 0 Å². The zero-order chi connectivity index (χ0) is 26.9. The van der Waals surface area contributed by atoms with Crippen molar-refractivity contribution in [3.05, 3.63) is 0 Å². The van der Waals surface area contributed by atoms with Crippen molar-refractivity contribution in [2.24, 2.45) is 0 Å². The predicted octanol–water partition coefficient (Wildman–Crippen LogP) is 5.32. The van der Waals surface area contributed by atoms with Crippen LogP contribution < -0.4 is 0 Å². The van der Waals surface area contributed by atoms with Gasteiger partial charge in [0.25, 0.3) is 0 Å². The minimum atomic E-state index is -2.86. The molecule has 0 aromatic heterocycles. The number of sulfone groups is 2. The average molecular weight is 537 g/mol. The van der Waals surface area contributed by atoms with Crippen LogP contribution >= 0.6 is 0 Å². The highest BCUT2D eigenvalue weighted by Gasteiger charge is 2.31. The summed E-state index contributed by atoms with van der Waals surface area (Å²) in [5.74, 6) is 0.590. The highest BCUT2D eigenvalue weighted by atomic mass is 32.2. The molecule has 0 radical (unpaired) electrons. The Kier molecular flexibility index (Phi) is 13.2. The molecular formula is C27H56N2O4S2. The molecule has 0 aliphatic heterocycles. The normalized spacial score (nSPS) is 19.6. The molecule has 6 nitrogen and oxygen atoms in total. The van der Waals surface area contributed by atoms with E-state index < -0.39 is 19.7 Å². The Morgan fingerprint density at radius 3 is 1.23 bits per heavy atom. The van der Waals surface area contributed by atoms with E-state index in [-0.39, 0.29) is 16.8 Å². The fraction of sp³-hybridized carbons (Fsp3) is 1.00. The summed E-state index contributed by atoms with van der Waals surface area (Å²) in [6, 6.07) is 1.23. The molecule has 8 heteroatoms.